The highest BCUT2D eigenvalue weighted by Gasteiger charge is 2.14. The van der Waals surface area contributed by atoms with Crippen molar-refractivity contribution in [2.24, 2.45) is 0 Å². The fraction of sp³-hybridized carbons (Fsp3) is 0.385. The predicted octanol–water partition coefficient (Wildman–Crippen LogP) is 0.606. The molecule has 1 unspecified atom stereocenters. The van der Waals surface area contributed by atoms with Crippen LogP contribution in [-0.2, 0) is 16.4 Å². The molecular formula is C13H19N5O2S. The van der Waals surface area contributed by atoms with Gasteiger partial charge in [-0.3, -0.25) is 5.10 Å². The first-order valence-electron chi connectivity index (χ1n) is 6.64. The maximum Gasteiger partial charge on any atom is 0.240 e. The number of rotatable bonds is 7. The van der Waals surface area contributed by atoms with Gasteiger partial charge in [-0.25, -0.2) is 18.1 Å². The van der Waals surface area contributed by atoms with Crippen molar-refractivity contribution in [3.05, 3.63) is 42.0 Å². The Morgan fingerprint density at radius 2 is 2.00 bits per heavy atom. The van der Waals surface area contributed by atoms with Crippen molar-refractivity contribution in [1.29, 1.82) is 0 Å². The summed E-state index contributed by atoms with van der Waals surface area (Å²) in [6, 6.07) is 7.03. The maximum atomic E-state index is 12.1. The van der Waals surface area contributed by atoms with E-state index in [0.29, 0.717) is 12.2 Å². The van der Waals surface area contributed by atoms with Crippen molar-refractivity contribution in [3.63, 3.8) is 0 Å². The van der Waals surface area contributed by atoms with E-state index in [1.165, 1.54) is 6.33 Å². The van der Waals surface area contributed by atoms with Gasteiger partial charge in [0.1, 0.15) is 12.2 Å². The van der Waals surface area contributed by atoms with Crippen LogP contribution in [0.25, 0.3) is 0 Å². The summed E-state index contributed by atoms with van der Waals surface area (Å²) < 4.78 is 26.8. The Labute approximate surface area is 124 Å². The third-order valence-corrected chi connectivity index (χ3v) is 4.72. The topological polar surface area (TPSA) is 99.8 Å². The molecule has 0 fully saturated rings. The number of nitrogens with one attached hydrogen (secondary N) is 3. The lowest BCUT2D eigenvalue weighted by Gasteiger charge is -2.11. The molecule has 0 aliphatic rings. The van der Waals surface area contributed by atoms with Crippen LogP contribution in [0.4, 0.5) is 0 Å². The number of aromatic nitrogens is 3. The number of sulfonamides is 1. The second kappa shape index (κ2) is 6.79. The quantitative estimate of drug-likeness (QED) is 0.696. The molecule has 0 saturated carbocycles. The Bertz CT molecular complexity index is 652. The lowest BCUT2D eigenvalue weighted by Crippen LogP contribution is -2.26. The van der Waals surface area contributed by atoms with Gasteiger partial charge in [-0.2, -0.15) is 5.10 Å². The predicted molar refractivity (Wildman–Crippen MR) is 79.2 cm³/mol. The van der Waals surface area contributed by atoms with E-state index in [9.17, 15) is 8.42 Å². The number of hydrogen-bond donors (Lipinski definition) is 3. The van der Waals surface area contributed by atoms with E-state index in [4.69, 9.17) is 0 Å². The van der Waals surface area contributed by atoms with E-state index >= 15 is 0 Å². The molecule has 8 heteroatoms. The number of aromatic amines is 1. The van der Waals surface area contributed by atoms with Crippen molar-refractivity contribution in [3.8, 4) is 0 Å². The molecule has 0 radical (unpaired) electrons. The standard InChI is InChI=1S/C13H19N5O2S/c1-10(14-2)11-3-5-12(6-4-11)21(19,20)17-8-7-13-15-9-16-18-13/h3-6,9-10,14,17H,7-8H2,1-2H3,(H,15,16,18). The van der Waals surface area contributed by atoms with Gasteiger partial charge in [0.25, 0.3) is 0 Å². The third-order valence-electron chi connectivity index (χ3n) is 3.24. The molecule has 0 bridgehead atoms. The molecule has 3 N–H and O–H groups in total. The second-order valence-electron chi connectivity index (χ2n) is 4.66. The van der Waals surface area contributed by atoms with Crippen LogP contribution in [0.15, 0.2) is 35.5 Å². The maximum absolute atomic E-state index is 12.1. The summed E-state index contributed by atoms with van der Waals surface area (Å²) in [5, 5.41) is 9.50. The van der Waals surface area contributed by atoms with E-state index in [2.05, 4.69) is 25.2 Å². The van der Waals surface area contributed by atoms with Crippen LogP contribution >= 0.6 is 0 Å². The molecule has 7 nitrogen and oxygen atoms in total. The minimum absolute atomic E-state index is 0.182. The molecular weight excluding hydrogens is 290 g/mol. The summed E-state index contributed by atoms with van der Waals surface area (Å²) >= 11 is 0. The molecule has 1 atom stereocenters. The molecule has 0 saturated heterocycles. The number of hydrogen-bond acceptors (Lipinski definition) is 5. The zero-order valence-corrected chi connectivity index (χ0v) is 12.8. The summed E-state index contributed by atoms with van der Waals surface area (Å²) in [7, 11) is -1.63. The Balaban J connectivity index is 1.98. The SMILES string of the molecule is CNC(C)c1ccc(S(=O)(=O)NCCc2ncn[nH]2)cc1. The van der Waals surface area contributed by atoms with Gasteiger partial charge in [-0.15, -0.1) is 0 Å². The van der Waals surface area contributed by atoms with Crippen LogP contribution in [0.1, 0.15) is 24.4 Å². The fourth-order valence-corrected chi connectivity index (χ4v) is 2.87. The largest absolute Gasteiger partial charge is 0.313 e. The van der Waals surface area contributed by atoms with E-state index in [1.54, 1.807) is 12.1 Å². The van der Waals surface area contributed by atoms with E-state index in [0.717, 1.165) is 5.56 Å². The molecule has 0 spiro atoms. The molecule has 2 aromatic rings. The summed E-state index contributed by atoms with van der Waals surface area (Å²) in [5.41, 5.74) is 1.04. The molecule has 0 aliphatic heterocycles. The van der Waals surface area contributed by atoms with Gasteiger partial charge in [0.15, 0.2) is 0 Å². The number of benzene rings is 1. The fourth-order valence-electron chi connectivity index (χ4n) is 1.84. The molecule has 1 heterocycles. The van der Waals surface area contributed by atoms with Gasteiger partial charge in [-0.1, -0.05) is 12.1 Å². The number of H-pyrrole nitrogens is 1. The van der Waals surface area contributed by atoms with Gasteiger partial charge in [0.05, 0.1) is 4.90 Å². The van der Waals surface area contributed by atoms with Crippen LogP contribution < -0.4 is 10.0 Å². The monoisotopic (exact) mass is 309 g/mol. The molecule has 0 aliphatic carbocycles. The van der Waals surface area contributed by atoms with Crippen molar-refractivity contribution < 1.29 is 8.42 Å². The Kier molecular flexibility index (Phi) is 5.05. The molecule has 2 rings (SSSR count). The van der Waals surface area contributed by atoms with Crippen molar-refractivity contribution in [2.45, 2.75) is 24.3 Å². The summed E-state index contributed by atoms with van der Waals surface area (Å²) in [4.78, 5) is 4.20. The van der Waals surface area contributed by atoms with E-state index in [1.807, 2.05) is 26.1 Å². The highest BCUT2D eigenvalue weighted by Crippen LogP contribution is 2.15. The van der Waals surface area contributed by atoms with Crippen LogP contribution in [0.5, 0.6) is 0 Å². The highest BCUT2D eigenvalue weighted by molar-refractivity contribution is 7.89. The van der Waals surface area contributed by atoms with Crippen LogP contribution in [0, 0.1) is 0 Å². The molecule has 1 aromatic carbocycles. The van der Waals surface area contributed by atoms with Crippen molar-refractivity contribution in [1.82, 2.24) is 25.2 Å². The van der Waals surface area contributed by atoms with Gasteiger partial charge in [-0.05, 0) is 31.7 Å². The minimum atomic E-state index is -3.50. The molecule has 21 heavy (non-hydrogen) atoms. The van der Waals surface area contributed by atoms with E-state index in [-0.39, 0.29) is 17.5 Å². The third kappa shape index (κ3) is 4.10. The second-order valence-corrected chi connectivity index (χ2v) is 6.43. The van der Waals surface area contributed by atoms with E-state index < -0.39 is 10.0 Å². The van der Waals surface area contributed by atoms with Gasteiger partial charge >= 0.3 is 0 Å². The van der Waals surface area contributed by atoms with Gasteiger partial charge < -0.3 is 5.32 Å². The van der Waals surface area contributed by atoms with Crippen LogP contribution in [-0.4, -0.2) is 37.2 Å². The first kappa shape index (κ1) is 15.6. The van der Waals surface area contributed by atoms with Crippen LogP contribution in [0.2, 0.25) is 0 Å². The Hall–Kier alpha value is -1.77. The lowest BCUT2D eigenvalue weighted by atomic mass is 10.1. The van der Waals surface area contributed by atoms with Gasteiger partial charge in [0.2, 0.25) is 10.0 Å². The minimum Gasteiger partial charge on any atom is -0.313 e. The zero-order chi connectivity index (χ0) is 15.3. The first-order valence-corrected chi connectivity index (χ1v) is 8.12. The smallest absolute Gasteiger partial charge is 0.240 e. The van der Waals surface area contributed by atoms with Crippen LogP contribution in [0.3, 0.4) is 0 Å². The van der Waals surface area contributed by atoms with Crippen molar-refractivity contribution >= 4 is 10.0 Å². The summed E-state index contributed by atoms with van der Waals surface area (Å²) in [6.45, 7) is 2.28. The first-order chi connectivity index (χ1) is 10.0. The molecule has 1 aromatic heterocycles. The summed E-state index contributed by atoms with van der Waals surface area (Å²) in [5.74, 6) is 0.649. The summed E-state index contributed by atoms with van der Waals surface area (Å²) in [6.07, 6.45) is 1.86. The van der Waals surface area contributed by atoms with Crippen molar-refractivity contribution in [2.75, 3.05) is 13.6 Å². The number of nitrogens with zero attached hydrogens (tertiary/aromatic N) is 2. The molecule has 114 valence electrons. The highest BCUT2D eigenvalue weighted by atomic mass is 32.2. The Morgan fingerprint density at radius 1 is 1.29 bits per heavy atom. The zero-order valence-electron chi connectivity index (χ0n) is 12.0. The Morgan fingerprint density at radius 3 is 2.57 bits per heavy atom. The van der Waals surface area contributed by atoms with Gasteiger partial charge in [0, 0.05) is 19.0 Å². The average Bonchev–Trinajstić information content (AvgIpc) is 2.99. The average molecular weight is 309 g/mol. The normalized spacial score (nSPS) is 13.2. The lowest BCUT2D eigenvalue weighted by molar-refractivity contribution is 0.580. The molecule has 0 amide bonds.